The maximum Gasteiger partial charge on any atom is 0.410 e. The first kappa shape index (κ1) is 27.1. The lowest BCUT2D eigenvalue weighted by molar-refractivity contribution is 0.0142. The molecule has 2 N–H and O–H groups in total. The molecule has 0 unspecified atom stereocenters. The second-order valence-electron chi connectivity index (χ2n) is 11.7. The maximum absolute atomic E-state index is 13.5. The van der Waals surface area contributed by atoms with Crippen molar-refractivity contribution in [1.82, 2.24) is 24.7 Å². The second-order valence-corrected chi connectivity index (χ2v) is 11.7. The predicted molar refractivity (Wildman–Crippen MR) is 146 cm³/mol. The lowest BCUT2D eigenvalue weighted by Crippen LogP contribution is -2.50. The summed E-state index contributed by atoms with van der Waals surface area (Å²) in [5.74, 6) is 0.361. The van der Waals surface area contributed by atoms with Crippen molar-refractivity contribution < 1.29 is 19.1 Å². The number of hydrogen-bond acceptors (Lipinski definition) is 7. The normalized spacial score (nSPS) is 20.2. The van der Waals surface area contributed by atoms with Crippen LogP contribution in [0.4, 0.5) is 4.79 Å². The highest BCUT2D eigenvalue weighted by Gasteiger charge is 2.40. The molecule has 3 aliphatic rings. The Labute approximate surface area is 229 Å². The molecule has 5 rings (SSSR count). The summed E-state index contributed by atoms with van der Waals surface area (Å²) in [4.78, 5) is 53.1. The van der Waals surface area contributed by atoms with Gasteiger partial charge in [0.15, 0.2) is 5.82 Å². The molecule has 0 radical (unpaired) electrons. The summed E-state index contributed by atoms with van der Waals surface area (Å²) in [6.45, 7) is 7.39. The number of aromatic nitrogens is 2. The molecule has 39 heavy (non-hydrogen) atoms. The number of benzene rings is 1. The smallest absolute Gasteiger partial charge is 0.410 e. The standard InChI is InChI=1S/C29H38N6O4/c1-29(2,3)39-28(38)33-15-12-23(13-16-33)35(22-10-11-22)27(37)21-17-31-25(32-18-21)19-6-8-20(9-7-19)26(36)34-14-4-5-24(34)30/h6-9,17-18,22-24H,4-5,10-16,30H2,1-3H3/t24-/m1/s1. The van der Waals surface area contributed by atoms with Crippen LogP contribution in [0.2, 0.25) is 0 Å². The molecule has 1 aromatic heterocycles. The van der Waals surface area contributed by atoms with Crippen LogP contribution >= 0.6 is 0 Å². The first-order chi connectivity index (χ1) is 18.6. The van der Waals surface area contributed by atoms with Crippen LogP contribution in [0, 0.1) is 0 Å². The first-order valence-electron chi connectivity index (χ1n) is 13.9. The maximum atomic E-state index is 13.5. The summed E-state index contributed by atoms with van der Waals surface area (Å²) in [5, 5.41) is 0. The van der Waals surface area contributed by atoms with E-state index in [2.05, 4.69) is 9.97 Å². The largest absolute Gasteiger partial charge is 0.444 e. The summed E-state index contributed by atoms with van der Waals surface area (Å²) in [7, 11) is 0. The highest BCUT2D eigenvalue weighted by molar-refractivity contribution is 5.95. The third kappa shape index (κ3) is 6.21. The quantitative estimate of drug-likeness (QED) is 0.621. The Hall–Kier alpha value is -3.53. The zero-order valence-electron chi connectivity index (χ0n) is 23.0. The van der Waals surface area contributed by atoms with E-state index in [4.69, 9.17) is 10.5 Å². The lowest BCUT2D eigenvalue weighted by atomic mass is 10.0. The van der Waals surface area contributed by atoms with Gasteiger partial charge in [0.2, 0.25) is 0 Å². The average molecular weight is 535 g/mol. The molecule has 1 aliphatic carbocycles. The summed E-state index contributed by atoms with van der Waals surface area (Å²) in [6.07, 6.45) is 7.80. The fourth-order valence-corrected chi connectivity index (χ4v) is 5.34. The van der Waals surface area contributed by atoms with Gasteiger partial charge in [-0.25, -0.2) is 14.8 Å². The number of ether oxygens (including phenoxy) is 1. The molecule has 0 spiro atoms. The van der Waals surface area contributed by atoms with E-state index >= 15 is 0 Å². The number of carbonyl (C=O) groups is 3. The molecule has 2 saturated heterocycles. The first-order valence-corrected chi connectivity index (χ1v) is 13.9. The van der Waals surface area contributed by atoms with Crippen LogP contribution < -0.4 is 5.73 Å². The summed E-state index contributed by atoms with van der Waals surface area (Å²) < 4.78 is 5.51. The molecule has 3 heterocycles. The number of piperidine rings is 1. The van der Waals surface area contributed by atoms with Gasteiger partial charge >= 0.3 is 6.09 Å². The van der Waals surface area contributed by atoms with Crippen molar-refractivity contribution in [2.75, 3.05) is 19.6 Å². The molecule has 1 aromatic carbocycles. The van der Waals surface area contributed by atoms with E-state index in [1.807, 2.05) is 37.8 Å². The predicted octanol–water partition coefficient (Wildman–Crippen LogP) is 3.67. The number of nitrogens with two attached hydrogens (primary N) is 1. The Morgan fingerprint density at radius 3 is 2.05 bits per heavy atom. The molecule has 3 fully saturated rings. The molecule has 3 amide bonds. The monoisotopic (exact) mass is 534 g/mol. The summed E-state index contributed by atoms with van der Waals surface area (Å²) in [6, 6.07) is 7.47. The molecule has 1 atom stereocenters. The molecule has 208 valence electrons. The minimum Gasteiger partial charge on any atom is -0.444 e. The van der Waals surface area contributed by atoms with Gasteiger partial charge in [-0.2, -0.15) is 0 Å². The van der Waals surface area contributed by atoms with Gasteiger partial charge in [-0.1, -0.05) is 12.1 Å². The van der Waals surface area contributed by atoms with Crippen LogP contribution in [0.25, 0.3) is 11.4 Å². The van der Waals surface area contributed by atoms with E-state index in [1.54, 1.807) is 34.3 Å². The van der Waals surface area contributed by atoms with Crippen molar-refractivity contribution in [1.29, 1.82) is 0 Å². The molecular weight excluding hydrogens is 496 g/mol. The molecule has 10 heteroatoms. The van der Waals surface area contributed by atoms with E-state index in [1.165, 1.54) is 0 Å². The number of amides is 3. The van der Waals surface area contributed by atoms with Crippen molar-refractivity contribution >= 4 is 17.9 Å². The Bertz CT molecular complexity index is 1200. The van der Waals surface area contributed by atoms with Crippen molar-refractivity contribution in [3.8, 4) is 11.4 Å². The van der Waals surface area contributed by atoms with Crippen molar-refractivity contribution in [2.24, 2.45) is 5.73 Å². The van der Waals surface area contributed by atoms with Gasteiger partial charge in [0.05, 0.1) is 11.7 Å². The van der Waals surface area contributed by atoms with E-state index < -0.39 is 5.60 Å². The molecule has 2 aromatic rings. The van der Waals surface area contributed by atoms with Gasteiger partial charge < -0.3 is 25.2 Å². The van der Waals surface area contributed by atoms with E-state index in [-0.39, 0.29) is 36.2 Å². The molecule has 1 saturated carbocycles. The fraction of sp³-hybridized carbons (Fsp3) is 0.552. The van der Waals surface area contributed by atoms with Gasteiger partial charge in [-0.3, -0.25) is 9.59 Å². The Balaban J connectivity index is 1.22. The van der Waals surface area contributed by atoms with Gasteiger partial charge in [0.1, 0.15) is 5.60 Å². The van der Waals surface area contributed by atoms with Crippen LogP contribution in [-0.2, 0) is 4.74 Å². The fourth-order valence-electron chi connectivity index (χ4n) is 5.34. The Morgan fingerprint density at radius 2 is 1.51 bits per heavy atom. The molecule has 10 nitrogen and oxygen atoms in total. The Kier molecular flexibility index (Phi) is 7.57. The van der Waals surface area contributed by atoms with E-state index in [0.29, 0.717) is 49.4 Å². The highest BCUT2D eigenvalue weighted by Crippen LogP contribution is 2.33. The van der Waals surface area contributed by atoms with E-state index in [0.717, 1.165) is 31.2 Å². The van der Waals surface area contributed by atoms with E-state index in [9.17, 15) is 14.4 Å². The SMILES string of the molecule is CC(C)(C)OC(=O)N1CCC(N(C(=O)c2cnc(-c3ccc(C(=O)N4CCC[C@@H]4N)cc3)nc2)C2CC2)CC1. The number of carbonyl (C=O) groups excluding carboxylic acids is 3. The number of likely N-dealkylation sites (tertiary alicyclic amines) is 2. The highest BCUT2D eigenvalue weighted by atomic mass is 16.6. The molecule has 0 bridgehead atoms. The number of rotatable bonds is 5. The van der Waals surface area contributed by atoms with Crippen LogP contribution in [0.5, 0.6) is 0 Å². The second kappa shape index (κ2) is 10.9. The molecular formula is C29H38N6O4. The van der Waals surface area contributed by atoms with Gasteiger partial charge in [-0.15, -0.1) is 0 Å². The minimum atomic E-state index is -0.530. The van der Waals surface area contributed by atoms with Crippen molar-refractivity contribution in [3.05, 3.63) is 47.8 Å². The van der Waals surface area contributed by atoms with Crippen LogP contribution in [0.1, 0.15) is 80.0 Å². The minimum absolute atomic E-state index is 0.0643. The average Bonchev–Trinajstić information content (AvgIpc) is 3.66. The van der Waals surface area contributed by atoms with Crippen LogP contribution in [0.15, 0.2) is 36.7 Å². The third-order valence-electron chi connectivity index (χ3n) is 7.53. The molecule has 2 aliphatic heterocycles. The number of nitrogens with zero attached hydrogens (tertiary/aromatic N) is 5. The van der Waals surface area contributed by atoms with Gasteiger partial charge in [-0.05, 0) is 71.4 Å². The summed E-state index contributed by atoms with van der Waals surface area (Å²) >= 11 is 0. The number of hydrogen-bond donors (Lipinski definition) is 1. The van der Waals surface area contributed by atoms with Crippen molar-refractivity contribution in [3.63, 3.8) is 0 Å². The zero-order valence-corrected chi connectivity index (χ0v) is 23.0. The van der Waals surface area contributed by atoms with Crippen LogP contribution in [-0.4, -0.2) is 86.1 Å². The summed E-state index contributed by atoms with van der Waals surface area (Å²) in [5.41, 5.74) is 7.32. The topological polar surface area (TPSA) is 122 Å². The van der Waals surface area contributed by atoms with Crippen molar-refractivity contribution in [2.45, 2.75) is 83.1 Å². The van der Waals surface area contributed by atoms with Gasteiger partial charge in [0.25, 0.3) is 11.8 Å². The Morgan fingerprint density at radius 1 is 0.897 bits per heavy atom. The van der Waals surface area contributed by atoms with Crippen LogP contribution in [0.3, 0.4) is 0 Å². The lowest BCUT2D eigenvalue weighted by Gasteiger charge is -2.39. The third-order valence-corrected chi connectivity index (χ3v) is 7.53. The van der Waals surface area contributed by atoms with Gasteiger partial charge in [0, 0.05) is 55.2 Å². The zero-order chi connectivity index (χ0) is 27.7.